The highest BCUT2D eigenvalue weighted by molar-refractivity contribution is 5.98. The van der Waals surface area contributed by atoms with E-state index in [4.69, 9.17) is 5.73 Å². The number of anilines is 1. The second-order valence-corrected chi connectivity index (χ2v) is 6.39. The number of rotatable bonds is 1. The summed E-state index contributed by atoms with van der Waals surface area (Å²) < 4.78 is 13.6. The minimum absolute atomic E-state index is 0.0711. The molecule has 4 rings (SSSR count). The third kappa shape index (κ3) is 1.87. The van der Waals surface area contributed by atoms with Crippen molar-refractivity contribution in [2.75, 3.05) is 24.5 Å². The van der Waals surface area contributed by atoms with Gasteiger partial charge in [0.1, 0.15) is 5.82 Å². The van der Waals surface area contributed by atoms with Gasteiger partial charge in [0, 0.05) is 18.3 Å². The molecule has 3 aliphatic rings. The minimum Gasteiger partial charge on any atom is -0.369 e. The topological polar surface area (TPSA) is 44.9 Å². The predicted molar refractivity (Wildman–Crippen MR) is 81.9 cm³/mol. The van der Waals surface area contributed by atoms with Crippen molar-refractivity contribution in [2.45, 2.75) is 37.3 Å². The van der Waals surface area contributed by atoms with Crippen LogP contribution in [0, 0.1) is 5.82 Å². The van der Waals surface area contributed by atoms with E-state index in [0.29, 0.717) is 12.0 Å². The zero-order chi connectivity index (χ0) is 14.4. The van der Waals surface area contributed by atoms with Crippen molar-refractivity contribution < 1.29 is 4.39 Å². The second-order valence-electron chi connectivity index (χ2n) is 6.39. The molecule has 3 aliphatic heterocycles. The zero-order valence-corrected chi connectivity index (χ0v) is 12.1. The van der Waals surface area contributed by atoms with E-state index in [2.05, 4.69) is 14.8 Å². The summed E-state index contributed by atoms with van der Waals surface area (Å²) in [6.45, 7) is 3.00. The van der Waals surface area contributed by atoms with E-state index in [1.807, 2.05) is 6.07 Å². The highest BCUT2D eigenvalue weighted by Crippen LogP contribution is 2.43. The van der Waals surface area contributed by atoms with Gasteiger partial charge in [-0.1, -0.05) is 12.5 Å². The van der Waals surface area contributed by atoms with Gasteiger partial charge >= 0.3 is 0 Å². The highest BCUT2D eigenvalue weighted by Gasteiger charge is 2.55. The van der Waals surface area contributed by atoms with E-state index in [1.165, 1.54) is 31.9 Å². The Balaban J connectivity index is 1.75. The van der Waals surface area contributed by atoms with E-state index >= 15 is 0 Å². The van der Waals surface area contributed by atoms with Crippen LogP contribution in [0.25, 0.3) is 0 Å². The molecule has 1 aromatic carbocycles. The molecule has 0 amide bonds. The van der Waals surface area contributed by atoms with Crippen LogP contribution in [0.1, 0.15) is 25.7 Å². The Morgan fingerprint density at radius 2 is 2.19 bits per heavy atom. The summed E-state index contributed by atoms with van der Waals surface area (Å²) in [5.41, 5.74) is 6.94. The Bertz CT molecular complexity index is 587. The lowest BCUT2D eigenvalue weighted by molar-refractivity contribution is 0.163. The molecular formula is C16H21FN4. The van der Waals surface area contributed by atoms with Crippen LogP contribution in [0.2, 0.25) is 0 Å². The van der Waals surface area contributed by atoms with Crippen LogP contribution in [0.5, 0.6) is 0 Å². The Morgan fingerprint density at radius 3 is 3.05 bits per heavy atom. The summed E-state index contributed by atoms with van der Waals surface area (Å²) >= 11 is 0. The number of benzene rings is 1. The first-order valence-corrected chi connectivity index (χ1v) is 7.80. The summed E-state index contributed by atoms with van der Waals surface area (Å²) in [4.78, 5) is 9.20. The molecule has 0 radical (unpaired) electrons. The number of fused-ring (bicyclic) bond motifs is 2. The van der Waals surface area contributed by atoms with Crippen LogP contribution < -0.4 is 10.6 Å². The fourth-order valence-electron chi connectivity index (χ4n) is 4.41. The number of guanidine groups is 1. The summed E-state index contributed by atoms with van der Waals surface area (Å²) in [5, 5.41) is 0. The van der Waals surface area contributed by atoms with E-state index in [9.17, 15) is 4.39 Å². The monoisotopic (exact) mass is 288 g/mol. The van der Waals surface area contributed by atoms with E-state index in [1.54, 1.807) is 12.1 Å². The van der Waals surface area contributed by atoms with Crippen LogP contribution in [0.4, 0.5) is 10.1 Å². The predicted octanol–water partition coefficient (Wildman–Crippen LogP) is 1.96. The molecule has 0 saturated carbocycles. The molecule has 5 heteroatoms. The first-order valence-electron chi connectivity index (χ1n) is 7.80. The molecule has 0 aromatic heterocycles. The van der Waals surface area contributed by atoms with Gasteiger partial charge in [0.2, 0.25) is 0 Å². The third-order valence-electron chi connectivity index (χ3n) is 5.32. The van der Waals surface area contributed by atoms with E-state index in [-0.39, 0.29) is 11.4 Å². The van der Waals surface area contributed by atoms with Crippen LogP contribution in [0.3, 0.4) is 0 Å². The molecule has 2 N–H and O–H groups in total. The van der Waals surface area contributed by atoms with Crippen molar-refractivity contribution in [1.29, 1.82) is 0 Å². The number of aliphatic imine (C=N–C) groups is 1. The third-order valence-corrected chi connectivity index (χ3v) is 5.32. The fraction of sp³-hybridized carbons (Fsp3) is 0.562. The van der Waals surface area contributed by atoms with E-state index < -0.39 is 0 Å². The van der Waals surface area contributed by atoms with Gasteiger partial charge in [-0.2, -0.15) is 0 Å². The molecule has 4 nitrogen and oxygen atoms in total. The average molecular weight is 288 g/mol. The largest absolute Gasteiger partial charge is 0.369 e. The van der Waals surface area contributed by atoms with Crippen LogP contribution in [-0.2, 0) is 0 Å². The average Bonchev–Trinajstić information content (AvgIpc) is 3.02. The van der Waals surface area contributed by atoms with E-state index in [0.717, 1.165) is 25.2 Å². The zero-order valence-electron chi connectivity index (χ0n) is 12.1. The summed E-state index contributed by atoms with van der Waals surface area (Å²) in [7, 11) is 0. The van der Waals surface area contributed by atoms with Crippen LogP contribution in [0.15, 0.2) is 29.3 Å². The van der Waals surface area contributed by atoms with Gasteiger partial charge < -0.3 is 10.6 Å². The van der Waals surface area contributed by atoms with Crippen molar-refractivity contribution in [3.8, 4) is 0 Å². The molecule has 112 valence electrons. The SMILES string of the molecule is NC1=NCC2(CCN3CCCCC32)N1c1cccc(F)c1. The lowest BCUT2D eigenvalue weighted by Crippen LogP contribution is -2.59. The molecule has 2 saturated heterocycles. The minimum atomic E-state index is -0.221. The maximum absolute atomic E-state index is 13.6. The van der Waals surface area contributed by atoms with Crippen molar-refractivity contribution in [1.82, 2.24) is 4.90 Å². The Kier molecular flexibility index (Phi) is 2.92. The lowest BCUT2D eigenvalue weighted by atomic mass is 9.84. The van der Waals surface area contributed by atoms with Crippen molar-refractivity contribution in [3.05, 3.63) is 30.1 Å². The standard InChI is InChI=1S/C16H21FN4/c17-12-4-3-5-13(10-12)21-15(18)19-11-16(21)7-9-20-8-2-1-6-14(16)20/h3-5,10,14H,1-2,6-9,11H2,(H2,18,19). The first-order chi connectivity index (χ1) is 10.2. The molecule has 2 fully saturated rings. The fourth-order valence-corrected chi connectivity index (χ4v) is 4.41. The number of hydrogen-bond acceptors (Lipinski definition) is 4. The second kappa shape index (κ2) is 4.70. The van der Waals surface area contributed by atoms with Gasteiger partial charge in [-0.15, -0.1) is 0 Å². The summed E-state index contributed by atoms with van der Waals surface area (Å²) in [6.07, 6.45) is 4.79. The Hall–Kier alpha value is -1.62. The van der Waals surface area contributed by atoms with Crippen LogP contribution >= 0.6 is 0 Å². The maximum Gasteiger partial charge on any atom is 0.196 e. The molecule has 21 heavy (non-hydrogen) atoms. The van der Waals surface area contributed by atoms with Gasteiger partial charge in [-0.25, -0.2) is 4.39 Å². The molecule has 0 bridgehead atoms. The van der Waals surface area contributed by atoms with Gasteiger partial charge in [0.25, 0.3) is 0 Å². The van der Waals surface area contributed by atoms with Crippen molar-refractivity contribution >= 4 is 11.6 Å². The summed E-state index contributed by atoms with van der Waals surface area (Å²) in [6, 6.07) is 7.21. The molecule has 2 atom stereocenters. The molecule has 1 spiro atoms. The Morgan fingerprint density at radius 1 is 1.29 bits per heavy atom. The molecular weight excluding hydrogens is 267 g/mol. The number of nitrogens with zero attached hydrogens (tertiary/aromatic N) is 3. The molecule has 0 aliphatic carbocycles. The number of hydrogen-bond donors (Lipinski definition) is 1. The Labute approximate surface area is 124 Å². The molecule has 3 heterocycles. The quantitative estimate of drug-likeness (QED) is 0.859. The first kappa shape index (κ1) is 13.1. The van der Waals surface area contributed by atoms with Gasteiger partial charge in [-0.05, 0) is 44.0 Å². The number of nitrogens with two attached hydrogens (primary N) is 1. The number of piperidine rings is 1. The van der Waals surface area contributed by atoms with Crippen molar-refractivity contribution in [2.24, 2.45) is 10.7 Å². The summed E-state index contributed by atoms with van der Waals surface area (Å²) in [5.74, 6) is 0.314. The number of halogens is 1. The smallest absolute Gasteiger partial charge is 0.196 e. The van der Waals surface area contributed by atoms with Crippen LogP contribution in [-0.4, -0.2) is 42.1 Å². The molecule has 2 unspecified atom stereocenters. The normalized spacial score (nSPS) is 32.5. The van der Waals surface area contributed by atoms with Gasteiger partial charge in [-0.3, -0.25) is 9.89 Å². The lowest BCUT2D eigenvalue weighted by Gasteiger charge is -2.44. The molecule has 1 aromatic rings. The van der Waals surface area contributed by atoms with Gasteiger partial charge in [0.15, 0.2) is 5.96 Å². The highest BCUT2D eigenvalue weighted by atomic mass is 19.1. The van der Waals surface area contributed by atoms with Crippen molar-refractivity contribution in [3.63, 3.8) is 0 Å². The maximum atomic E-state index is 13.6. The van der Waals surface area contributed by atoms with Gasteiger partial charge in [0.05, 0.1) is 12.1 Å².